The smallest absolute Gasteiger partial charge is 0.292 e. The quantitative estimate of drug-likeness (QED) is 0.747. The van der Waals surface area contributed by atoms with E-state index in [1.165, 1.54) is 17.7 Å². The Hall–Kier alpha value is -2.41. The van der Waals surface area contributed by atoms with Gasteiger partial charge in [0.15, 0.2) is 6.04 Å². The number of hydrogen-bond acceptors (Lipinski definition) is 4. The van der Waals surface area contributed by atoms with Crippen molar-refractivity contribution >= 4 is 23.4 Å². The lowest BCUT2D eigenvalue weighted by molar-refractivity contribution is -0.920. The molecule has 3 aliphatic heterocycles. The van der Waals surface area contributed by atoms with E-state index in [-0.39, 0.29) is 30.2 Å². The third kappa shape index (κ3) is 4.21. The van der Waals surface area contributed by atoms with Gasteiger partial charge in [0, 0.05) is 31.8 Å². The summed E-state index contributed by atoms with van der Waals surface area (Å²) in [5.41, 5.74) is 0.596. The zero-order chi connectivity index (χ0) is 21.1. The Morgan fingerprint density at radius 3 is 2.23 bits per heavy atom. The van der Waals surface area contributed by atoms with Crippen LogP contribution in [0, 0.1) is 5.92 Å². The predicted octanol–water partition coefficient (Wildman–Crippen LogP) is 1.02. The molecule has 3 saturated heterocycles. The van der Waals surface area contributed by atoms with Crippen molar-refractivity contribution in [2.24, 2.45) is 5.92 Å². The van der Waals surface area contributed by atoms with Gasteiger partial charge in [-0.3, -0.25) is 14.4 Å². The highest BCUT2D eigenvalue weighted by Gasteiger charge is 2.47. The average Bonchev–Trinajstić information content (AvgIpc) is 2.94. The molecule has 30 heavy (non-hydrogen) atoms. The van der Waals surface area contributed by atoms with Crippen LogP contribution in [0.4, 0.5) is 5.69 Å². The molecule has 162 valence electrons. The average molecular weight is 415 g/mol. The van der Waals surface area contributed by atoms with Gasteiger partial charge in [-0.1, -0.05) is 12.8 Å². The molecule has 0 aliphatic carbocycles. The van der Waals surface area contributed by atoms with Crippen molar-refractivity contribution in [3.05, 3.63) is 24.3 Å². The van der Waals surface area contributed by atoms with Crippen molar-refractivity contribution in [1.29, 1.82) is 0 Å². The molecule has 0 radical (unpaired) electrons. The number of carbonyl (C=O) groups excluding carboxylic acids is 3. The molecule has 1 aromatic carbocycles. The molecule has 4 rings (SSSR count). The topological polar surface area (TPSA) is 71.4 Å². The summed E-state index contributed by atoms with van der Waals surface area (Å²) in [6.07, 6.45) is 6.48. The summed E-state index contributed by atoms with van der Waals surface area (Å²) in [6, 6.07) is 6.68. The number of nitrogens with zero attached hydrogens (tertiary/aromatic N) is 2. The number of piperidine rings is 1. The first-order valence-electron chi connectivity index (χ1n) is 11.2. The lowest BCUT2D eigenvalue weighted by Gasteiger charge is -2.33. The van der Waals surface area contributed by atoms with E-state index >= 15 is 0 Å². The van der Waals surface area contributed by atoms with Gasteiger partial charge in [-0.25, -0.2) is 4.90 Å². The van der Waals surface area contributed by atoms with Gasteiger partial charge in [0.2, 0.25) is 11.8 Å². The van der Waals surface area contributed by atoms with Gasteiger partial charge >= 0.3 is 0 Å². The third-order valence-corrected chi connectivity index (χ3v) is 6.86. The van der Waals surface area contributed by atoms with Crippen LogP contribution in [0.3, 0.4) is 0 Å². The van der Waals surface area contributed by atoms with Gasteiger partial charge in [0.05, 0.1) is 32.3 Å². The second kappa shape index (κ2) is 9.16. The van der Waals surface area contributed by atoms with E-state index in [0.29, 0.717) is 17.3 Å². The number of amides is 3. The minimum Gasteiger partial charge on any atom is -0.497 e. The van der Waals surface area contributed by atoms with Gasteiger partial charge in [0.1, 0.15) is 5.75 Å². The first kappa shape index (κ1) is 20.8. The summed E-state index contributed by atoms with van der Waals surface area (Å²) in [6.45, 7) is 3.31. The molecule has 3 aliphatic rings. The van der Waals surface area contributed by atoms with E-state index in [4.69, 9.17) is 4.74 Å². The Balaban J connectivity index is 1.36. The number of anilines is 1. The number of rotatable bonds is 4. The van der Waals surface area contributed by atoms with Crippen LogP contribution in [0.2, 0.25) is 0 Å². The summed E-state index contributed by atoms with van der Waals surface area (Å²) >= 11 is 0. The fourth-order valence-corrected chi connectivity index (χ4v) is 5.09. The van der Waals surface area contributed by atoms with Crippen molar-refractivity contribution < 1.29 is 24.0 Å². The van der Waals surface area contributed by atoms with Crippen LogP contribution in [0.15, 0.2) is 24.3 Å². The van der Waals surface area contributed by atoms with Crippen molar-refractivity contribution in [2.45, 2.75) is 51.0 Å². The summed E-state index contributed by atoms with van der Waals surface area (Å²) < 4.78 is 5.16. The number of hydrogen-bond donors (Lipinski definition) is 1. The molecule has 0 unspecified atom stereocenters. The maximum atomic E-state index is 13.0. The number of carbonyl (C=O) groups is 3. The highest BCUT2D eigenvalue weighted by molar-refractivity contribution is 6.21. The van der Waals surface area contributed by atoms with Gasteiger partial charge in [0.25, 0.3) is 5.91 Å². The lowest BCUT2D eigenvalue weighted by atomic mass is 9.94. The summed E-state index contributed by atoms with van der Waals surface area (Å²) in [4.78, 5) is 43.1. The normalized spacial score (nSPS) is 27.8. The molecule has 1 aromatic rings. The molecule has 0 bridgehead atoms. The number of imide groups is 1. The fraction of sp³-hybridized carbons (Fsp3) is 0.609. The molecule has 7 heteroatoms. The van der Waals surface area contributed by atoms with Gasteiger partial charge < -0.3 is 14.5 Å². The van der Waals surface area contributed by atoms with Crippen molar-refractivity contribution in [3.8, 4) is 5.75 Å². The maximum absolute atomic E-state index is 13.0. The molecule has 0 aromatic heterocycles. The zero-order valence-corrected chi connectivity index (χ0v) is 17.8. The van der Waals surface area contributed by atoms with E-state index in [1.807, 2.05) is 0 Å². The maximum Gasteiger partial charge on any atom is 0.292 e. The summed E-state index contributed by atoms with van der Waals surface area (Å²) in [5.74, 6) is 0.778. The number of methoxy groups -OCH3 is 1. The molecular weight excluding hydrogens is 382 g/mol. The highest BCUT2D eigenvalue weighted by atomic mass is 16.5. The molecule has 1 atom stereocenters. The van der Waals surface area contributed by atoms with Crippen molar-refractivity contribution in [2.75, 3.05) is 38.2 Å². The van der Waals surface area contributed by atoms with Crippen LogP contribution in [0.25, 0.3) is 0 Å². The molecule has 7 nitrogen and oxygen atoms in total. The van der Waals surface area contributed by atoms with E-state index in [0.717, 1.165) is 56.8 Å². The zero-order valence-electron chi connectivity index (χ0n) is 17.8. The number of quaternary nitrogens is 1. The Labute approximate surface area is 177 Å². The van der Waals surface area contributed by atoms with E-state index in [2.05, 4.69) is 4.90 Å². The standard InChI is InChI=1S/C23H31N3O4/c1-30-19-8-6-18(7-9-19)26-21(27)16-20(23(26)29)24-14-10-17(11-15-24)22(28)25-12-4-2-3-5-13-25/h6-9,17,20H,2-5,10-16H2,1H3/p+1/t20-/m1/s1. The lowest BCUT2D eigenvalue weighted by Crippen LogP contribution is -3.17. The number of ether oxygens (including phenoxy) is 1. The minimum atomic E-state index is -0.339. The van der Waals surface area contributed by atoms with Crippen LogP contribution < -0.4 is 14.5 Å². The Morgan fingerprint density at radius 1 is 1.00 bits per heavy atom. The predicted molar refractivity (Wildman–Crippen MR) is 112 cm³/mol. The van der Waals surface area contributed by atoms with Crippen molar-refractivity contribution in [1.82, 2.24) is 4.90 Å². The van der Waals surface area contributed by atoms with E-state index in [9.17, 15) is 14.4 Å². The van der Waals surface area contributed by atoms with Crippen LogP contribution in [-0.4, -0.2) is 62.0 Å². The summed E-state index contributed by atoms with van der Waals surface area (Å²) in [5, 5.41) is 0. The first-order valence-corrected chi connectivity index (χ1v) is 11.2. The molecule has 0 spiro atoms. The Morgan fingerprint density at radius 2 is 1.63 bits per heavy atom. The molecule has 1 N–H and O–H groups in total. The van der Waals surface area contributed by atoms with Crippen LogP contribution in [0.1, 0.15) is 44.9 Å². The van der Waals surface area contributed by atoms with E-state index in [1.54, 1.807) is 31.4 Å². The fourth-order valence-electron chi connectivity index (χ4n) is 5.09. The van der Waals surface area contributed by atoms with Gasteiger partial charge in [-0.2, -0.15) is 0 Å². The van der Waals surface area contributed by atoms with Gasteiger partial charge in [-0.15, -0.1) is 0 Å². The monoisotopic (exact) mass is 414 g/mol. The molecular formula is C23H32N3O4+. The second-order valence-electron chi connectivity index (χ2n) is 8.69. The second-order valence-corrected chi connectivity index (χ2v) is 8.69. The number of nitrogens with one attached hydrogen (secondary N) is 1. The Bertz CT molecular complexity index is 778. The minimum absolute atomic E-state index is 0.0664. The van der Waals surface area contributed by atoms with Gasteiger partial charge in [-0.05, 0) is 37.1 Å². The SMILES string of the molecule is COc1ccc(N2C(=O)C[C@@H]([NH+]3CCC(C(=O)N4CCCCCC4)CC3)C2=O)cc1. The van der Waals surface area contributed by atoms with Crippen LogP contribution in [-0.2, 0) is 14.4 Å². The van der Waals surface area contributed by atoms with E-state index < -0.39 is 0 Å². The first-order chi connectivity index (χ1) is 14.6. The number of benzene rings is 1. The largest absolute Gasteiger partial charge is 0.497 e. The summed E-state index contributed by atoms with van der Waals surface area (Å²) in [7, 11) is 1.59. The number of likely N-dealkylation sites (tertiary alicyclic amines) is 2. The molecule has 3 amide bonds. The highest BCUT2D eigenvalue weighted by Crippen LogP contribution is 2.25. The molecule has 0 saturated carbocycles. The third-order valence-electron chi connectivity index (χ3n) is 6.86. The van der Waals surface area contributed by atoms with Crippen LogP contribution >= 0.6 is 0 Å². The Kier molecular flexibility index (Phi) is 6.37. The molecule has 3 heterocycles. The molecule has 3 fully saturated rings. The van der Waals surface area contributed by atoms with Crippen LogP contribution in [0.5, 0.6) is 5.75 Å². The van der Waals surface area contributed by atoms with Crippen molar-refractivity contribution in [3.63, 3.8) is 0 Å².